The van der Waals surface area contributed by atoms with Crippen molar-refractivity contribution in [3.05, 3.63) is 57.3 Å². The van der Waals surface area contributed by atoms with Gasteiger partial charge in [-0.25, -0.2) is 4.98 Å². The van der Waals surface area contributed by atoms with E-state index < -0.39 is 0 Å². The van der Waals surface area contributed by atoms with E-state index in [4.69, 9.17) is 4.74 Å². The van der Waals surface area contributed by atoms with Crippen LogP contribution in [-0.2, 0) is 11.3 Å². The highest BCUT2D eigenvalue weighted by atomic mass is 79.9. The SMILES string of the molecule is COc1cccc(NC(=O)CSc2nc3ccc(Br)cc3c(=O)n2CC(C)C)c1. The normalized spacial score (nSPS) is 11.1. The van der Waals surface area contributed by atoms with Gasteiger partial charge in [-0.2, -0.15) is 0 Å². The minimum absolute atomic E-state index is 0.0966. The fraction of sp³-hybridized carbons (Fsp3) is 0.286. The van der Waals surface area contributed by atoms with Gasteiger partial charge in [-0.1, -0.05) is 47.6 Å². The van der Waals surface area contributed by atoms with Gasteiger partial charge in [-0.15, -0.1) is 0 Å². The van der Waals surface area contributed by atoms with Gasteiger partial charge in [0, 0.05) is 22.8 Å². The van der Waals surface area contributed by atoms with Crippen molar-refractivity contribution in [2.24, 2.45) is 5.92 Å². The number of anilines is 1. The fourth-order valence-corrected chi connectivity index (χ4v) is 4.01. The summed E-state index contributed by atoms with van der Waals surface area (Å²) in [5, 5.41) is 3.95. The molecular weight excluding hydrogens is 454 g/mol. The Bertz CT molecular complexity index is 1100. The maximum Gasteiger partial charge on any atom is 0.262 e. The third-order valence-corrected chi connectivity index (χ3v) is 5.58. The number of hydrogen-bond acceptors (Lipinski definition) is 5. The number of carbonyl (C=O) groups excluding carboxylic acids is 1. The van der Waals surface area contributed by atoms with Crippen LogP contribution in [0.15, 0.2) is 56.9 Å². The number of hydrogen-bond donors (Lipinski definition) is 1. The lowest BCUT2D eigenvalue weighted by Crippen LogP contribution is -2.26. The van der Waals surface area contributed by atoms with Gasteiger partial charge < -0.3 is 10.1 Å². The summed E-state index contributed by atoms with van der Waals surface area (Å²) in [5.74, 6) is 0.904. The number of carbonyl (C=O) groups is 1. The van der Waals surface area contributed by atoms with Crippen molar-refractivity contribution in [2.45, 2.75) is 25.5 Å². The zero-order valence-corrected chi connectivity index (χ0v) is 18.8. The smallest absolute Gasteiger partial charge is 0.262 e. The number of fused-ring (bicyclic) bond motifs is 1. The van der Waals surface area contributed by atoms with Crippen LogP contribution >= 0.6 is 27.7 Å². The molecule has 1 aromatic heterocycles. The van der Waals surface area contributed by atoms with Crippen molar-refractivity contribution in [3.8, 4) is 5.75 Å². The standard InChI is InChI=1S/C21H22BrN3O3S/c1-13(2)11-25-20(27)17-9-14(22)7-8-18(17)24-21(25)29-12-19(26)23-15-5-4-6-16(10-15)28-3/h4-10,13H,11-12H2,1-3H3,(H,23,26). The molecule has 0 aliphatic rings. The van der Waals surface area contributed by atoms with E-state index in [0.717, 1.165) is 4.47 Å². The molecule has 0 atom stereocenters. The number of aromatic nitrogens is 2. The molecule has 8 heteroatoms. The molecule has 0 radical (unpaired) electrons. The number of thioether (sulfide) groups is 1. The molecule has 1 amide bonds. The first-order valence-corrected chi connectivity index (χ1v) is 10.9. The Labute approximate surface area is 181 Å². The number of halogens is 1. The second kappa shape index (κ2) is 9.45. The fourth-order valence-electron chi connectivity index (χ4n) is 2.84. The Balaban J connectivity index is 1.83. The van der Waals surface area contributed by atoms with Crippen molar-refractivity contribution in [1.29, 1.82) is 0 Å². The molecule has 0 spiro atoms. The molecule has 3 rings (SSSR count). The van der Waals surface area contributed by atoms with E-state index in [9.17, 15) is 9.59 Å². The number of benzene rings is 2. The van der Waals surface area contributed by atoms with Gasteiger partial charge in [0.25, 0.3) is 5.56 Å². The lowest BCUT2D eigenvalue weighted by molar-refractivity contribution is -0.113. The average Bonchev–Trinajstić information content (AvgIpc) is 2.69. The summed E-state index contributed by atoms with van der Waals surface area (Å²) in [7, 11) is 1.58. The van der Waals surface area contributed by atoms with Crippen LogP contribution < -0.4 is 15.6 Å². The van der Waals surface area contributed by atoms with Gasteiger partial charge in [-0.05, 0) is 36.2 Å². The Kier molecular flexibility index (Phi) is 6.97. The van der Waals surface area contributed by atoms with E-state index in [-0.39, 0.29) is 23.1 Å². The molecule has 0 unspecified atom stereocenters. The lowest BCUT2D eigenvalue weighted by Gasteiger charge is -2.15. The highest BCUT2D eigenvalue weighted by Crippen LogP contribution is 2.22. The number of ether oxygens (including phenoxy) is 1. The molecule has 3 aromatic rings. The third kappa shape index (κ3) is 5.39. The molecule has 1 heterocycles. The van der Waals surface area contributed by atoms with Crippen LogP contribution in [0.4, 0.5) is 5.69 Å². The summed E-state index contributed by atoms with van der Waals surface area (Å²) in [6, 6.07) is 12.6. The minimum atomic E-state index is -0.176. The second-order valence-electron chi connectivity index (χ2n) is 6.93. The lowest BCUT2D eigenvalue weighted by atomic mass is 10.2. The Morgan fingerprint density at radius 1 is 1.28 bits per heavy atom. The zero-order valence-electron chi connectivity index (χ0n) is 16.4. The number of methoxy groups -OCH3 is 1. The van der Waals surface area contributed by atoms with Crippen LogP contribution in [0.3, 0.4) is 0 Å². The van der Waals surface area contributed by atoms with Crippen molar-refractivity contribution in [3.63, 3.8) is 0 Å². The maximum atomic E-state index is 13.0. The van der Waals surface area contributed by atoms with Crippen molar-refractivity contribution >= 4 is 50.2 Å². The highest BCUT2D eigenvalue weighted by Gasteiger charge is 2.15. The number of nitrogens with zero attached hydrogens (tertiary/aromatic N) is 2. The largest absolute Gasteiger partial charge is 0.497 e. The molecular formula is C21H22BrN3O3S. The molecule has 0 aliphatic heterocycles. The summed E-state index contributed by atoms with van der Waals surface area (Å²) in [5.41, 5.74) is 1.18. The van der Waals surface area contributed by atoms with E-state index >= 15 is 0 Å². The van der Waals surface area contributed by atoms with Crippen molar-refractivity contribution in [2.75, 3.05) is 18.2 Å². The maximum absolute atomic E-state index is 13.0. The minimum Gasteiger partial charge on any atom is -0.497 e. The predicted molar refractivity (Wildman–Crippen MR) is 121 cm³/mol. The summed E-state index contributed by atoms with van der Waals surface area (Å²) in [6.45, 7) is 4.62. The Morgan fingerprint density at radius 2 is 2.07 bits per heavy atom. The first-order valence-electron chi connectivity index (χ1n) is 9.14. The Hall–Kier alpha value is -2.32. The summed E-state index contributed by atoms with van der Waals surface area (Å²) in [6.07, 6.45) is 0. The summed E-state index contributed by atoms with van der Waals surface area (Å²) >= 11 is 4.67. The van der Waals surface area contributed by atoms with Crippen molar-refractivity contribution in [1.82, 2.24) is 9.55 Å². The number of amides is 1. The van der Waals surface area contributed by atoms with Gasteiger partial charge >= 0.3 is 0 Å². The van der Waals surface area contributed by atoms with Crippen LogP contribution in [-0.4, -0.2) is 28.3 Å². The molecule has 152 valence electrons. The zero-order chi connectivity index (χ0) is 21.0. The van der Waals surface area contributed by atoms with Gasteiger partial charge in [0.2, 0.25) is 5.91 Å². The first-order chi connectivity index (χ1) is 13.9. The molecule has 6 nitrogen and oxygen atoms in total. The van der Waals surface area contributed by atoms with E-state index in [1.807, 2.05) is 32.0 Å². The molecule has 1 N–H and O–H groups in total. The predicted octanol–water partition coefficient (Wildman–Crippen LogP) is 4.55. The van der Waals surface area contributed by atoms with Crippen LogP contribution in [0, 0.1) is 5.92 Å². The molecule has 0 bridgehead atoms. The van der Waals surface area contributed by atoms with Crippen LogP contribution in [0.25, 0.3) is 10.9 Å². The molecule has 0 aliphatic carbocycles. The van der Waals surface area contributed by atoms with Crippen molar-refractivity contribution < 1.29 is 9.53 Å². The Morgan fingerprint density at radius 3 is 2.79 bits per heavy atom. The average molecular weight is 476 g/mol. The van der Waals surface area contributed by atoms with E-state index in [0.29, 0.717) is 34.0 Å². The number of rotatable bonds is 7. The number of nitrogens with one attached hydrogen (secondary N) is 1. The summed E-state index contributed by atoms with van der Waals surface area (Å²) in [4.78, 5) is 30.1. The topological polar surface area (TPSA) is 73.2 Å². The van der Waals surface area contributed by atoms with E-state index in [1.165, 1.54) is 11.8 Å². The molecule has 2 aromatic carbocycles. The molecule has 29 heavy (non-hydrogen) atoms. The van der Waals surface area contributed by atoms with Gasteiger partial charge in [-0.3, -0.25) is 14.2 Å². The van der Waals surface area contributed by atoms with E-state index in [1.54, 1.807) is 35.9 Å². The van der Waals surface area contributed by atoms with Gasteiger partial charge in [0.1, 0.15) is 5.75 Å². The first kappa shape index (κ1) is 21.4. The molecule has 0 fully saturated rings. The van der Waals surface area contributed by atoms with E-state index in [2.05, 4.69) is 26.2 Å². The summed E-state index contributed by atoms with van der Waals surface area (Å²) < 4.78 is 7.66. The van der Waals surface area contributed by atoms with Crippen LogP contribution in [0.2, 0.25) is 0 Å². The third-order valence-electron chi connectivity index (χ3n) is 4.11. The molecule has 0 saturated heterocycles. The van der Waals surface area contributed by atoms with Gasteiger partial charge in [0.05, 0.1) is 23.8 Å². The monoisotopic (exact) mass is 475 g/mol. The van der Waals surface area contributed by atoms with Crippen LogP contribution in [0.1, 0.15) is 13.8 Å². The van der Waals surface area contributed by atoms with Crippen LogP contribution in [0.5, 0.6) is 5.75 Å². The van der Waals surface area contributed by atoms with Gasteiger partial charge in [0.15, 0.2) is 5.16 Å². The molecule has 0 saturated carbocycles. The highest BCUT2D eigenvalue weighted by molar-refractivity contribution is 9.10. The quantitative estimate of drug-likeness (QED) is 0.400. The second-order valence-corrected chi connectivity index (χ2v) is 8.79.